The van der Waals surface area contributed by atoms with Crippen LogP contribution in [0.15, 0.2) is 48.5 Å². The summed E-state index contributed by atoms with van der Waals surface area (Å²) in [5, 5.41) is 11.3. The van der Waals surface area contributed by atoms with Crippen molar-refractivity contribution in [2.24, 2.45) is 0 Å². The molecule has 0 atom stereocenters. The predicted octanol–water partition coefficient (Wildman–Crippen LogP) is 3.41. The lowest BCUT2D eigenvalue weighted by molar-refractivity contribution is 0.102. The summed E-state index contributed by atoms with van der Waals surface area (Å²) in [6, 6.07) is 15.0. The zero-order valence-corrected chi connectivity index (χ0v) is 15.2. The van der Waals surface area contributed by atoms with Crippen LogP contribution in [-0.4, -0.2) is 35.1 Å². The van der Waals surface area contributed by atoms with E-state index in [2.05, 4.69) is 15.6 Å². The van der Waals surface area contributed by atoms with Gasteiger partial charge in [0, 0.05) is 12.0 Å². The first-order chi connectivity index (χ1) is 13.2. The molecule has 0 unspecified atom stereocenters. The quantitative estimate of drug-likeness (QED) is 0.725. The van der Waals surface area contributed by atoms with Gasteiger partial charge < -0.3 is 14.8 Å². The second kappa shape index (κ2) is 7.11. The molecule has 1 saturated carbocycles. The molecular weight excluding hydrogens is 344 g/mol. The number of nitrogens with zero attached hydrogens (tertiary/aromatic N) is 3. The van der Waals surface area contributed by atoms with Gasteiger partial charge in [-0.05, 0) is 37.1 Å². The van der Waals surface area contributed by atoms with Crippen LogP contribution in [0.2, 0.25) is 0 Å². The number of hydrogen-bond acceptors (Lipinski definition) is 5. The number of amides is 1. The number of carbonyl (C=O) groups is 1. The molecule has 2 aromatic carbocycles. The lowest BCUT2D eigenvalue weighted by atomic mass is 10.2. The van der Waals surface area contributed by atoms with Crippen LogP contribution in [0.4, 0.5) is 5.69 Å². The van der Waals surface area contributed by atoms with Crippen LogP contribution in [0.1, 0.15) is 34.9 Å². The SMILES string of the molecule is COc1ccc(OC)c(NC(=O)c2nnn(-c3ccccc3)c2C2CC2)c1. The highest BCUT2D eigenvalue weighted by atomic mass is 16.5. The van der Waals surface area contributed by atoms with Crippen molar-refractivity contribution in [2.45, 2.75) is 18.8 Å². The molecule has 1 fully saturated rings. The Labute approximate surface area is 156 Å². The van der Waals surface area contributed by atoms with E-state index in [0.717, 1.165) is 24.2 Å². The standard InChI is InChI=1S/C20H20N4O3/c1-26-15-10-11-17(27-2)16(12-15)21-20(25)18-19(13-8-9-13)24(23-22-18)14-6-4-3-5-7-14/h3-7,10-13H,8-9H2,1-2H3,(H,21,25). The molecule has 4 rings (SSSR count). The van der Waals surface area contributed by atoms with Gasteiger partial charge in [0.05, 0.1) is 31.3 Å². The Morgan fingerprint density at radius 3 is 2.56 bits per heavy atom. The van der Waals surface area contributed by atoms with Crippen molar-refractivity contribution in [1.29, 1.82) is 0 Å². The van der Waals surface area contributed by atoms with Gasteiger partial charge in [-0.1, -0.05) is 23.4 Å². The Morgan fingerprint density at radius 2 is 1.89 bits per heavy atom. The lowest BCUT2D eigenvalue weighted by Gasteiger charge is -2.12. The summed E-state index contributed by atoms with van der Waals surface area (Å²) in [5.41, 5.74) is 2.61. The van der Waals surface area contributed by atoms with Crippen molar-refractivity contribution in [2.75, 3.05) is 19.5 Å². The molecule has 1 N–H and O–H groups in total. The Hall–Kier alpha value is -3.35. The predicted molar refractivity (Wildman–Crippen MR) is 101 cm³/mol. The number of methoxy groups -OCH3 is 2. The van der Waals surface area contributed by atoms with Gasteiger partial charge >= 0.3 is 0 Å². The van der Waals surface area contributed by atoms with E-state index >= 15 is 0 Å². The number of benzene rings is 2. The molecule has 1 heterocycles. The second-order valence-corrected chi connectivity index (χ2v) is 6.37. The number of ether oxygens (including phenoxy) is 2. The third kappa shape index (κ3) is 3.36. The molecule has 1 aliphatic rings. The molecule has 27 heavy (non-hydrogen) atoms. The first-order valence-electron chi connectivity index (χ1n) is 8.75. The molecule has 7 nitrogen and oxygen atoms in total. The van der Waals surface area contributed by atoms with E-state index in [9.17, 15) is 4.79 Å². The molecule has 0 radical (unpaired) electrons. The maximum absolute atomic E-state index is 13.0. The minimum atomic E-state index is -0.314. The topological polar surface area (TPSA) is 78.3 Å². The first-order valence-corrected chi connectivity index (χ1v) is 8.75. The third-order valence-electron chi connectivity index (χ3n) is 4.54. The van der Waals surface area contributed by atoms with Crippen molar-refractivity contribution in [3.63, 3.8) is 0 Å². The molecule has 7 heteroatoms. The number of nitrogens with one attached hydrogen (secondary N) is 1. The van der Waals surface area contributed by atoms with E-state index in [1.807, 2.05) is 30.3 Å². The molecule has 0 bridgehead atoms. The molecule has 3 aromatic rings. The van der Waals surface area contributed by atoms with E-state index < -0.39 is 0 Å². The molecule has 138 valence electrons. The normalized spacial score (nSPS) is 13.3. The van der Waals surface area contributed by atoms with Gasteiger partial charge in [0.15, 0.2) is 5.69 Å². The molecule has 1 aliphatic carbocycles. The Morgan fingerprint density at radius 1 is 1.11 bits per heavy atom. The summed E-state index contributed by atoms with van der Waals surface area (Å²) < 4.78 is 12.3. The van der Waals surface area contributed by atoms with Crippen LogP contribution in [0.3, 0.4) is 0 Å². The molecule has 1 aromatic heterocycles. The summed E-state index contributed by atoms with van der Waals surface area (Å²) in [5.74, 6) is 1.16. The van der Waals surface area contributed by atoms with Crippen LogP contribution in [0.5, 0.6) is 11.5 Å². The lowest BCUT2D eigenvalue weighted by Crippen LogP contribution is -2.16. The summed E-state index contributed by atoms with van der Waals surface area (Å²) in [6.07, 6.45) is 2.06. The highest BCUT2D eigenvalue weighted by Crippen LogP contribution is 2.42. The highest BCUT2D eigenvalue weighted by molar-refractivity contribution is 6.04. The Bertz CT molecular complexity index is 965. The van der Waals surface area contributed by atoms with E-state index in [1.54, 1.807) is 37.1 Å². The number of para-hydroxylation sites is 1. The summed E-state index contributed by atoms with van der Waals surface area (Å²) >= 11 is 0. The molecule has 0 saturated heterocycles. The van der Waals surface area contributed by atoms with Gasteiger partial charge in [-0.15, -0.1) is 5.10 Å². The zero-order valence-electron chi connectivity index (χ0n) is 15.2. The average Bonchev–Trinajstić information content (AvgIpc) is 3.46. The van der Waals surface area contributed by atoms with E-state index in [4.69, 9.17) is 9.47 Å². The second-order valence-electron chi connectivity index (χ2n) is 6.37. The van der Waals surface area contributed by atoms with Crippen molar-refractivity contribution >= 4 is 11.6 Å². The van der Waals surface area contributed by atoms with Gasteiger partial charge in [-0.25, -0.2) is 4.68 Å². The Kier molecular flexibility index (Phi) is 4.50. The number of anilines is 1. The number of rotatable bonds is 6. The summed E-state index contributed by atoms with van der Waals surface area (Å²) in [6.45, 7) is 0. The first kappa shape index (κ1) is 17.1. The average molecular weight is 364 g/mol. The minimum absolute atomic E-state index is 0.299. The third-order valence-corrected chi connectivity index (χ3v) is 4.54. The van der Waals surface area contributed by atoms with Crippen LogP contribution in [0.25, 0.3) is 5.69 Å². The number of hydrogen-bond donors (Lipinski definition) is 1. The fourth-order valence-electron chi connectivity index (χ4n) is 3.03. The monoisotopic (exact) mass is 364 g/mol. The van der Waals surface area contributed by atoms with Crippen LogP contribution < -0.4 is 14.8 Å². The van der Waals surface area contributed by atoms with Crippen molar-refractivity contribution in [1.82, 2.24) is 15.0 Å². The van der Waals surface area contributed by atoms with Gasteiger partial charge in [-0.3, -0.25) is 4.79 Å². The summed E-state index contributed by atoms with van der Waals surface area (Å²) in [4.78, 5) is 13.0. The molecule has 0 spiro atoms. The van der Waals surface area contributed by atoms with Gasteiger partial charge in [0.2, 0.25) is 0 Å². The molecular formula is C20H20N4O3. The van der Waals surface area contributed by atoms with Crippen LogP contribution in [0, 0.1) is 0 Å². The van der Waals surface area contributed by atoms with E-state index in [-0.39, 0.29) is 5.91 Å². The minimum Gasteiger partial charge on any atom is -0.497 e. The Balaban J connectivity index is 1.68. The number of carbonyl (C=O) groups excluding carboxylic acids is 1. The summed E-state index contributed by atoms with van der Waals surface area (Å²) in [7, 11) is 3.13. The van der Waals surface area contributed by atoms with Gasteiger partial charge in [-0.2, -0.15) is 0 Å². The molecule has 1 amide bonds. The van der Waals surface area contributed by atoms with Gasteiger partial charge in [0.25, 0.3) is 5.91 Å². The highest BCUT2D eigenvalue weighted by Gasteiger charge is 2.34. The number of aromatic nitrogens is 3. The largest absolute Gasteiger partial charge is 0.497 e. The zero-order chi connectivity index (χ0) is 18.8. The van der Waals surface area contributed by atoms with Crippen molar-refractivity contribution in [3.05, 3.63) is 59.9 Å². The maximum atomic E-state index is 13.0. The van der Waals surface area contributed by atoms with Crippen molar-refractivity contribution < 1.29 is 14.3 Å². The fraction of sp³-hybridized carbons (Fsp3) is 0.250. The van der Waals surface area contributed by atoms with E-state index in [1.165, 1.54) is 0 Å². The molecule has 0 aliphatic heterocycles. The van der Waals surface area contributed by atoms with Crippen LogP contribution >= 0.6 is 0 Å². The maximum Gasteiger partial charge on any atom is 0.278 e. The van der Waals surface area contributed by atoms with Crippen LogP contribution in [-0.2, 0) is 0 Å². The smallest absolute Gasteiger partial charge is 0.278 e. The fourth-order valence-corrected chi connectivity index (χ4v) is 3.03. The van der Waals surface area contributed by atoms with Crippen molar-refractivity contribution in [3.8, 4) is 17.2 Å². The van der Waals surface area contributed by atoms with Gasteiger partial charge in [0.1, 0.15) is 11.5 Å². The van der Waals surface area contributed by atoms with E-state index in [0.29, 0.717) is 28.8 Å².